The Morgan fingerprint density at radius 1 is 1.29 bits per heavy atom. The molecule has 0 aromatic carbocycles. The number of carbonyl (C=O) groups is 2. The average molecular weight is 314 g/mol. The van der Waals surface area contributed by atoms with E-state index in [9.17, 15) is 14.4 Å². The lowest BCUT2D eigenvalue weighted by Crippen LogP contribution is -2.34. The largest absolute Gasteiger partial charge is 0.466 e. The Bertz CT molecular complexity index is 562. The molecule has 1 heterocycles. The first-order chi connectivity index (χ1) is 9.92. The molecule has 0 bridgehead atoms. The molecule has 0 fully saturated rings. The zero-order chi connectivity index (χ0) is 16.0. The molecule has 1 amide bonds. The van der Waals surface area contributed by atoms with Crippen molar-refractivity contribution < 1.29 is 14.3 Å². The molecule has 0 unspecified atom stereocenters. The van der Waals surface area contributed by atoms with Crippen LogP contribution in [0.2, 0.25) is 0 Å². The van der Waals surface area contributed by atoms with Crippen LogP contribution in [-0.4, -0.2) is 41.0 Å². The molecule has 118 valence electrons. The SMILES string of the molecule is CCCN(CCC(=O)OCC)C(=O)c1sc(=O)n(C)c1C. The van der Waals surface area contributed by atoms with Crippen LogP contribution in [0.4, 0.5) is 0 Å². The highest BCUT2D eigenvalue weighted by Crippen LogP contribution is 2.14. The number of ether oxygens (including phenoxy) is 1. The topological polar surface area (TPSA) is 68.6 Å². The van der Waals surface area contributed by atoms with Crippen molar-refractivity contribution in [1.82, 2.24) is 9.47 Å². The van der Waals surface area contributed by atoms with Crippen molar-refractivity contribution in [1.29, 1.82) is 0 Å². The summed E-state index contributed by atoms with van der Waals surface area (Å²) < 4.78 is 6.34. The van der Waals surface area contributed by atoms with Crippen LogP contribution in [0.1, 0.15) is 42.1 Å². The molecule has 1 aromatic heterocycles. The predicted octanol–water partition coefficient (Wildman–Crippen LogP) is 1.56. The van der Waals surface area contributed by atoms with Gasteiger partial charge in [0.2, 0.25) is 0 Å². The van der Waals surface area contributed by atoms with E-state index in [1.54, 1.807) is 25.8 Å². The molecule has 21 heavy (non-hydrogen) atoms. The van der Waals surface area contributed by atoms with Gasteiger partial charge in [-0.1, -0.05) is 18.3 Å². The Kier molecular flexibility index (Phi) is 6.61. The van der Waals surface area contributed by atoms with Crippen LogP contribution in [0.3, 0.4) is 0 Å². The third-order valence-electron chi connectivity index (χ3n) is 3.16. The second-order valence-corrected chi connectivity index (χ2v) is 5.65. The number of hydrogen-bond donors (Lipinski definition) is 0. The van der Waals surface area contributed by atoms with Crippen molar-refractivity contribution in [3.05, 3.63) is 20.2 Å². The molecule has 0 spiro atoms. The molecule has 1 aromatic rings. The standard InChI is InChI=1S/C14H22N2O4S/c1-5-8-16(9-7-11(17)20-6-2)13(18)12-10(3)15(4)14(19)21-12/h5-9H2,1-4H3. The molecular weight excluding hydrogens is 292 g/mol. The minimum absolute atomic E-state index is 0.155. The molecule has 1 rings (SSSR count). The summed E-state index contributed by atoms with van der Waals surface area (Å²) in [5.41, 5.74) is 0.659. The molecule has 0 saturated carbocycles. The fraction of sp³-hybridized carbons (Fsp3) is 0.643. The Labute approximate surface area is 128 Å². The molecular formula is C14H22N2O4S. The third kappa shape index (κ3) is 4.42. The van der Waals surface area contributed by atoms with E-state index in [1.807, 2.05) is 6.92 Å². The zero-order valence-electron chi connectivity index (χ0n) is 13.0. The van der Waals surface area contributed by atoms with Gasteiger partial charge in [0.1, 0.15) is 4.88 Å². The maximum atomic E-state index is 12.5. The molecule has 0 aliphatic carbocycles. The molecule has 0 saturated heterocycles. The summed E-state index contributed by atoms with van der Waals surface area (Å²) in [5, 5.41) is 0. The quantitative estimate of drug-likeness (QED) is 0.716. The predicted molar refractivity (Wildman–Crippen MR) is 81.7 cm³/mol. The van der Waals surface area contributed by atoms with Gasteiger partial charge in [-0.15, -0.1) is 0 Å². The maximum absolute atomic E-state index is 12.5. The molecule has 0 N–H and O–H groups in total. The zero-order valence-corrected chi connectivity index (χ0v) is 13.8. The fourth-order valence-electron chi connectivity index (χ4n) is 1.91. The Balaban J connectivity index is 2.84. The average Bonchev–Trinajstić information content (AvgIpc) is 2.70. The minimum Gasteiger partial charge on any atom is -0.466 e. The Morgan fingerprint density at radius 2 is 1.95 bits per heavy atom. The molecule has 0 aliphatic heterocycles. The van der Waals surface area contributed by atoms with Crippen LogP contribution < -0.4 is 4.87 Å². The second-order valence-electron chi connectivity index (χ2n) is 4.69. The van der Waals surface area contributed by atoms with Gasteiger partial charge in [-0.3, -0.25) is 14.4 Å². The van der Waals surface area contributed by atoms with Crippen molar-refractivity contribution in [2.24, 2.45) is 7.05 Å². The highest BCUT2D eigenvalue weighted by Gasteiger charge is 2.22. The fourth-order valence-corrected chi connectivity index (χ4v) is 2.85. The summed E-state index contributed by atoms with van der Waals surface area (Å²) in [5.74, 6) is -0.509. The second kappa shape index (κ2) is 7.97. The van der Waals surface area contributed by atoms with Crippen LogP contribution in [-0.2, 0) is 16.6 Å². The molecule has 0 radical (unpaired) electrons. The highest BCUT2D eigenvalue weighted by atomic mass is 32.1. The lowest BCUT2D eigenvalue weighted by atomic mass is 10.3. The van der Waals surface area contributed by atoms with Gasteiger partial charge in [-0.2, -0.15) is 0 Å². The summed E-state index contributed by atoms with van der Waals surface area (Å²) in [7, 11) is 1.65. The molecule has 7 heteroatoms. The van der Waals surface area contributed by atoms with E-state index < -0.39 is 0 Å². The van der Waals surface area contributed by atoms with E-state index in [2.05, 4.69) is 0 Å². The molecule has 0 aliphatic rings. The number of esters is 1. The summed E-state index contributed by atoms with van der Waals surface area (Å²) in [6.07, 6.45) is 0.954. The normalized spacial score (nSPS) is 10.5. The van der Waals surface area contributed by atoms with Crippen LogP contribution in [0, 0.1) is 6.92 Å². The van der Waals surface area contributed by atoms with Crippen molar-refractivity contribution in [2.45, 2.75) is 33.6 Å². The lowest BCUT2D eigenvalue weighted by molar-refractivity contribution is -0.143. The Hall–Kier alpha value is -1.63. The summed E-state index contributed by atoms with van der Waals surface area (Å²) in [6, 6.07) is 0. The smallest absolute Gasteiger partial charge is 0.307 e. The number of thiazole rings is 1. The lowest BCUT2D eigenvalue weighted by Gasteiger charge is -2.21. The van der Waals surface area contributed by atoms with Crippen LogP contribution >= 0.6 is 11.3 Å². The van der Waals surface area contributed by atoms with Crippen molar-refractivity contribution in [3.63, 3.8) is 0 Å². The first-order valence-electron chi connectivity index (χ1n) is 7.03. The van der Waals surface area contributed by atoms with Crippen molar-refractivity contribution in [3.8, 4) is 0 Å². The van der Waals surface area contributed by atoms with E-state index in [1.165, 1.54) is 4.57 Å². The molecule has 0 atom stereocenters. The van der Waals surface area contributed by atoms with Crippen molar-refractivity contribution >= 4 is 23.2 Å². The van der Waals surface area contributed by atoms with Crippen LogP contribution in [0.5, 0.6) is 0 Å². The van der Waals surface area contributed by atoms with Gasteiger partial charge >= 0.3 is 10.8 Å². The minimum atomic E-state index is -0.315. The van der Waals surface area contributed by atoms with Gasteiger partial charge in [0.15, 0.2) is 0 Å². The first-order valence-corrected chi connectivity index (χ1v) is 7.85. The number of hydrogen-bond acceptors (Lipinski definition) is 5. The number of amides is 1. The third-order valence-corrected chi connectivity index (χ3v) is 4.28. The van der Waals surface area contributed by atoms with Crippen molar-refractivity contribution in [2.75, 3.05) is 19.7 Å². The summed E-state index contributed by atoms with van der Waals surface area (Å²) >= 11 is 0.948. The number of carbonyl (C=O) groups excluding carboxylic acids is 2. The Morgan fingerprint density at radius 3 is 2.43 bits per heavy atom. The van der Waals surface area contributed by atoms with Gasteiger partial charge in [-0.05, 0) is 20.3 Å². The number of aromatic nitrogens is 1. The van der Waals surface area contributed by atoms with Gasteiger partial charge < -0.3 is 14.2 Å². The van der Waals surface area contributed by atoms with E-state index in [4.69, 9.17) is 4.74 Å². The van der Waals surface area contributed by atoms with Gasteiger partial charge in [-0.25, -0.2) is 0 Å². The summed E-state index contributed by atoms with van der Waals surface area (Å²) in [4.78, 5) is 37.5. The summed E-state index contributed by atoms with van der Waals surface area (Å²) in [6.45, 7) is 6.65. The first kappa shape index (κ1) is 17.4. The van der Waals surface area contributed by atoms with E-state index in [-0.39, 0.29) is 23.2 Å². The highest BCUT2D eigenvalue weighted by molar-refractivity contribution is 7.11. The van der Waals surface area contributed by atoms with E-state index >= 15 is 0 Å². The molecule has 6 nitrogen and oxygen atoms in total. The maximum Gasteiger partial charge on any atom is 0.307 e. The number of rotatable bonds is 7. The van der Waals surface area contributed by atoms with Crippen LogP contribution in [0.25, 0.3) is 0 Å². The van der Waals surface area contributed by atoms with Gasteiger partial charge in [0.05, 0.1) is 13.0 Å². The van der Waals surface area contributed by atoms with Crippen LogP contribution in [0.15, 0.2) is 4.79 Å². The van der Waals surface area contributed by atoms with Gasteiger partial charge in [0.25, 0.3) is 5.91 Å². The number of nitrogens with zero attached hydrogens (tertiary/aromatic N) is 2. The van der Waals surface area contributed by atoms with Gasteiger partial charge in [0, 0.05) is 25.8 Å². The van der Waals surface area contributed by atoms with E-state index in [0.717, 1.165) is 17.8 Å². The monoisotopic (exact) mass is 314 g/mol. The van der Waals surface area contributed by atoms with E-state index in [0.29, 0.717) is 30.3 Å².